The van der Waals surface area contributed by atoms with Crippen LogP contribution in [0, 0.1) is 13.8 Å². The predicted molar refractivity (Wildman–Crippen MR) is 160 cm³/mol. The number of thioether (sulfide) groups is 1. The Bertz CT molecular complexity index is 1410. The molecule has 4 rings (SSSR count). The molecule has 216 valence electrons. The number of aliphatic hydroxyl groups excluding tert-OH is 1. The lowest BCUT2D eigenvalue weighted by atomic mass is 9.99. The lowest BCUT2D eigenvalue weighted by molar-refractivity contribution is -0.148. The molecule has 0 bridgehead atoms. The summed E-state index contributed by atoms with van der Waals surface area (Å²) in [6.07, 6.45) is 1.51. The van der Waals surface area contributed by atoms with Gasteiger partial charge in [-0.1, -0.05) is 60.7 Å². The first kappa shape index (κ1) is 30.1. The molecule has 2 N–H and O–H groups in total. The highest BCUT2D eigenvalue weighted by atomic mass is 32.2. The number of aromatic nitrogens is 2. The summed E-state index contributed by atoms with van der Waals surface area (Å²) in [7, 11) is 1.73. The number of rotatable bonds is 9. The number of aliphatic hydroxyl groups is 1. The van der Waals surface area contributed by atoms with Gasteiger partial charge in [-0.3, -0.25) is 19.1 Å². The Morgan fingerprint density at radius 2 is 1.85 bits per heavy atom. The number of nitrogens with zero attached hydrogens (tertiary/aromatic N) is 4. The van der Waals surface area contributed by atoms with Crippen molar-refractivity contribution < 1.29 is 19.5 Å². The summed E-state index contributed by atoms with van der Waals surface area (Å²) < 4.78 is 1.58. The molecule has 41 heavy (non-hydrogen) atoms. The van der Waals surface area contributed by atoms with Gasteiger partial charge in [0.15, 0.2) is 6.10 Å². The van der Waals surface area contributed by atoms with Gasteiger partial charge in [-0.2, -0.15) is 5.10 Å². The molecule has 0 saturated carbocycles. The Kier molecular flexibility index (Phi) is 9.67. The smallest absolute Gasteiger partial charge is 0.255 e. The molecule has 1 fully saturated rings. The second-order valence-corrected chi connectivity index (χ2v) is 11.5. The Morgan fingerprint density at radius 1 is 1.17 bits per heavy atom. The maximum atomic E-state index is 13.9. The van der Waals surface area contributed by atoms with Gasteiger partial charge in [0.25, 0.3) is 17.7 Å². The van der Waals surface area contributed by atoms with Gasteiger partial charge in [0, 0.05) is 19.3 Å². The molecular weight excluding hydrogens is 538 g/mol. The first-order valence-corrected chi connectivity index (χ1v) is 14.6. The first-order valence-electron chi connectivity index (χ1n) is 13.5. The summed E-state index contributed by atoms with van der Waals surface area (Å²) in [6, 6.07) is 15.3. The van der Waals surface area contributed by atoms with Gasteiger partial charge >= 0.3 is 0 Å². The molecular formula is C31H37N5O4S. The molecule has 0 aliphatic carbocycles. The van der Waals surface area contributed by atoms with Crippen LogP contribution in [-0.4, -0.2) is 71.8 Å². The molecule has 4 atom stereocenters. The van der Waals surface area contributed by atoms with Crippen LogP contribution in [0.2, 0.25) is 0 Å². The van der Waals surface area contributed by atoms with E-state index < -0.39 is 30.0 Å². The summed E-state index contributed by atoms with van der Waals surface area (Å²) in [5, 5.41) is 18.2. The number of hydrogen-bond acceptors (Lipinski definition) is 6. The zero-order valence-electron chi connectivity index (χ0n) is 23.9. The average molecular weight is 576 g/mol. The highest BCUT2D eigenvalue weighted by molar-refractivity contribution is 7.99. The van der Waals surface area contributed by atoms with Gasteiger partial charge in [0.05, 0.1) is 29.1 Å². The molecule has 1 saturated heterocycles. The second kappa shape index (κ2) is 13.2. The number of amides is 3. The van der Waals surface area contributed by atoms with E-state index in [0.29, 0.717) is 17.8 Å². The topological polar surface area (TPSA) is 108 Å². The van der Waals surface area contributed by atoms with Crippen LogP contribution in [0.15, 0.2) is 73.4 Å². The lowest BCUT2D eigenvalue weighted by Gasteiger charge is -2.32. The molecule has 0 spiro atoms. The number of aryl methyl sites for hydroxylation is 2. The van der Waals surface area contributed by atoms with Crippen molar-refractivity contribution in [3.8, 4) is 0 Å². The fraction of sp³-hybridized carbons (Fsp3) is 0.355. The molecule has 3 amide bonds. The highest BCUT2D eigenvalue weighted by Crippen LogP contribution is 2.28. The van der Waals surface area contributed by atoms with E-state index in [-0.39, 0.29) is 23.6 Å². The van der Waals surface area contributed by atoms with Crippen molar-refractivity contribution in [1.82, 2.24) is 24.9 Å². The Balaban J connectivity index is 1.59. The SMILES string of the molecule is C=C[C@H]1C(=O)N(Cc2ccccc2C)C(C)SCN1C(=O)[C@@H](O)[C@H](Cc1ccccc1)NC(=O)c1cnn(C)c1C. The van der Waals surface area contributed by atoms with Crippen molar-refractivity contribution in [3.05, 3.63) is 101 Å². The molecule has 0 radical (unpaired) electrons. The van der Waals surface area contributed by atoms with Crippen molar-refractivity contribution in [1.29, 1.82) is 0 Å². The number of hydrogen-bond donors (Lipinski definition) is 2. The average Bonchev–Trinajstić information content (AvgIpc) is 3.25. The van der Waals surface area contributed by atoms with E-state index >= 15 is 0 Å². The van der Waals surface area contributed by atoms with E-state index in [4.69, 9.17) is 0 Å². The van der Waals surface area contributed by atoms with Crippen LogP contribution in [0.4, 0.5) is 0 Å². The predicted octanol–water partition coefficient (Wildman–Crippen LogP) is 3.20. The minimum absolute atomic E-state index is 0.178. The van der Waals surface area contributed by atoms with Crippen LogP contribution in [0.25, 0.3) is 0 Å². The van der Waals surface area contributed by atoms with E-state index in [1.54, 1.807) is 23.6 Å². The first-order chi connectivity index (χ1) is 19.6. The van der Waals surface area contributed by atoms with Gasteiger partial charge in [0.1, 0.15) is 6.04 Å². The largest absolute Gasteiger partial charge is 0.381 e. The van der Waals surface area contributed by atoms with E-state index in [1.165, 1.54) is 28.9 Å². The summed E-state index contributed by atoms with van der Waals surface area (Å²) in [5.41, 5.74) is 3.95. The van der Waals surface area contributed by atoms with Crippen LogP contribution in [0.1, 0.15) is 39.7 Å². The molecule has 9 nitrogen and oxygen atoms in total. The van der Waals surface area contributed by atoms with Crippen molar-refractivity contribution in [2.24, 2.45) is 7.05 Å². The molecule has 2 aromatic carbocycles. The van der Waals surface area contributed by atoms with E-state index in [0.717, 1.165) is 16.7 Å². The van der Waals surface area contributed by atoms with E-state index in [1.807, 2.05) is 68.4 Å². The van der Waals surface area contributed by atoms with Crippen molar-refractivity contribution in [2.75, 3.05) is 5.88 Å². The molecule has 1 unspecified atom stereocenters. The Labute approximate surface area is 245 Å². The maximum absolute atomic E-state index is 13.9. The van der Waals surface area contributed by atoms with Crippen LogP contribution < -0.4 is 5.32 Å². The number of nitrogens with one attached hydrogen (secondary N) is 1. The Morgan fingerprint density at radius 3 is 2.49 bits per heavy atom. The van der Waals surface area contributed by atoms with E-state index in [2.05, 4.69) is 17.0 Å². The van der Waals surface area contributed by atoms with Gasteiger partial charge < -0.3 is 20.2 Å². The highest BCUT2D eigenvalue weighted by Gasteiger charge is 2.41. The third-order valence-electron chi connectivity index (χ3n) is 7.60. The van der Waals surface area contributed by atoms with Crippen LogP contribution >= 0.6 is 11.8 Å². The second-order valence-electron chi connectivity index (χ2n) is 10.3. The fourth-order valence-electron chi connectivity index (χ4n) is 4.87. The molecule has 10 heteroatoms. The van der Waals surface area contributed by atoms with Crippen LogP contribution in [0.5, 0.6) is 0 Å². The molecule has 3 aromatic rings. The van der Waals surface area contributed by atoms with Crippen LogP contribution in [-0.2, 0) is 29.6 Å². The maximum Gasteiger partial charge on any atom is 0.255 e. The lowest BCUT2D eigenvalue weighted by Crippen LogP contribution is -2.56. The van der Waals surface area contributed by atoms with E-state index in [9.17, 15) is 19.5 Å². The number of carbonyl (C=O) groups is 3. The minimum Gasteiger partial charge on any atom is -0.381 e. The van der Waals surface area contributed by atoms with Crippen molar-refractivity contribution in [2.45, 2.75) is 57.3 Å². The van der Waals surface area contributed by atoms with Gasteiger partial charge in [-0.25, -0.2) is 0 Å². The standard InChI is InChI=1S/C31H37N5O4S/c1-6-27-30(39)35(18-24-15-11-10-12-20(24)2)22(4)41-19-36(27)31(40)28(37)26(16-23-13-8-7-9-14-23)33-29(38)25-17-32-34(5)21(25)3/h6-15,17,22,26-28,37H,1,16,18-19H2,2-5H3,(H,33,38)/t22?,26-,27-,28-/m0/s1. The number of benzene rings is 2. The summed E-state index contributed by atoms with van der Waals surface area (Å²) in [4.78, 5) is 44.0. The monoisotopic (exact) mass is 575 g/mol. The van der Waals surface area contributed by atoms with Crippen molar-refractivity contribution in [3.63, 3.8) is 0 Å². The minimum atomic E-state index is -1.61. The van der Waals surface area contributed by atoms with Crippen molar-refractivity contribution >= 4 is 29.5 Å². The number of carbonyl (C=O) groups excluding carboxylic acids is 3. The van der Waals surface area contributed by atoms with Gasteiger partial charge in [-0.15, -0.1) is 18.3 Å². The molecule has 2 heterocycles. The molecule has 1 aromatic heterocycles. The van der Waals surface area contributed by atoms with Gasteiger partial charge in [0.2, 0.25) is 0 Å². The Hall–Kier alpha value is -3.89. The van der Waals surface area contributed by atoms with Crippen LogP contribution in [0.3, 0.4) is 0 Å². The summed E-state index contributed by atoms with van der Waals surface area (Å²) >= 11 is 1.43. The normalized spacial score (nSPS) is 18.9. The fourth-order valence-corrected chi connectivity index (χ4v) is 5.89. The van der Waals surface area contributed by atoms with Gasteiger partial charge in [-0.05, 0) is 43.9 Å². The molecule has 1 aliphatic rings. The zero-order valence-corrected chi connectivity index (χ0v) is 24.7. The zero-order chi connectivity index (χ0) is 29.7. The quantitative estimate of drug-likeness (QED) is 0.380. The summed E-state index contributed by atoms with van der Waals surface area (Å²) in [6.45, 7) is 9.95. The third kappa shape index (κ3) is 6.71. The molecule has 1 aliphatic heterocycles. The summed E-state index contributed by atoms with van der Waals surface area (Å²) in [5.74, 6) is -1.18. The third-order valence-corrected chi connectivity index (χ3v) is 8.77.